The lowest BCUT2D eigenvalue weighted by Gasteiger charge is -2.21. The molecule has 0 fully saturated rings. The Labute approximate surface area is 113 Å². The van der Waals surface area contributed by atoms with Gasteiger partial charge in [-0.2, -0.15) is 0 Å². The van der Waals surface area contributed by atoms with Crippen molar-refractivity contribution < 1.29 is 23.8 Å². The molecule has 0 aliphatic heterocycles. The zero-order valence-corrected chi connectivity index (χ0v) is 12.4. The molecule has 5 nitrogen and oxygen atoms in total. The van der Waals surface area contributed by atoms with Crippen molar-refractivity contribution in [3.8, 4) is 0 Å². The molecule has 6 heteroatoms. The predicted octanol–water partition coefficient (Wildman–Crippen LogP) is 2.68. The van der Waals surface area contributed by atoms with E-state index < -0.39 is 11.6 Å². The molecule has 0 saturated carbocycles. The minimum Gasteiger partial charge on any atom is -0.425 e. The lowest BCUT2D eigenvalue weighted by Crippen LogP contribution is -2.30. The van der Waals surface area contributed by atoms with Crippen LogP contribution in [0.2, 0.25) is 0 Å². The summed E-state index contributed by atoms with van der Waals surface area (Å²) in [7, 11) is 1.56. The third-order valence-corrected chi connectivity index (χ3v) is 2.67. The van der Waals surface area contributed by atoms with Gasteiger partial charge in [-0.25, -0.2) is 4.79 Å². The molecule has 0 aliphatic carbocycles. The minimum atomic E-state index is -0.831. The summed E-state index contributed by atoms with van der Waals surface area (Å²) in [6.07, 6.45) is -0.831. The van der Waals surface area contributed by atoms with Crippen molar-refractivity contribution >= 4 is 23.0 Å². The molecule has 0 heterocycles. The molecule has 0 N–H and O–H groups in total. The van der Waals surface area contributed by atoms with E-state index >= 15 is 0 Å². The topological polar surface area (TPSA) is 61.8 Å². The SMILES string of the molecule is COCCSC(=O)OC(OC(=O)C(C)C)C(C)C. The van der Waals surface area contributed by atoms with E-state index in [0.717, 1.165) is 11.8 Å². The smallest absolute Gasteiger partial charge is 0.370 e. The van der Waals surface area contributed by atoms with Crippen LogP contribution in [-0.2, 0) is 19.0 Å². The normalized spacial score (nSPS) is 12.6. The third kappa shape index (κ3) is 7.55. The first-order valence-corrected chi connectivity index (χ1v) is 6.89. The Bertz CT molecular complexity index is 265. The lowest BCUT2D eigenvalue weighted by atomic mass is 10.2. The molecule has 18 heavy (non-hydrogen) atoms. The van der Waals surface area contributed by atoms with Crippen LogP contribution in [0, 0.1) is 11.8 Å². The van der Waals surface area contributed by atoms with Crippen LogP contribution in [0.4, 0.5) is 4.79 Å². The average Bonchev–Trinajstić information content (AvgIpc) is 2.28. The van der Waals surface area contributed by atoms with Gasteiger partial charge >= 0.3 is 11.3 Å². The first-order valence-electron chi connectivity index (χ1n) is 5.91. The highest BCUT2D eigenvalue weighted by atomic mass is 32.2. The Kier molecular flexibility index (Phi) is 8.83. The highest BCUT2D eigenvalue weighted by Gasteiger charge is 2.24. The summed E-state index contributed by atoms with van der Waals surface area (Å²) in [6.45, 7) is 7.58. The molecule has 0 aliphatic rings. The highest BCUT2D eigenvalue weighted by molar-refractivity contribution is 8.13. The summed E-state index contributed by atoms with van der Waals surface area (Å²) in [6, 6.07) is 0. The number of methoxy groups -OCH3 is 1. The number of thioether (sulfide) groups is 1. The van der Waals surface area contributed by atoms with Crippen molar-refractivity contribution in [1.82, 2.24) is 0 Å². The van der Waals surface area contributed by atoms with Crippen LogP contribution in [0.25, 0.3) is 0 Å². The Morgan fingerprint density at radius 2 is 1.72 bits per heavy atom. The van der Waals surface area contributed by atoms with Gasteiger partial charge in [0.2, 0.25) is 0 Å². The van der Waals surface area contributed by atoms with E-state index in [-0.39, 0.29) is 17.8 Å². The van der Waals surface area contributed by atoms with Crippen LogP contribution >= 0.6 is 11.8 Å². The maximum atomic E-state index is 11.5. The van der Waals surface area contributed by atoms with Gasteiger partial charge in [0.1, 0.15) is 0 Å². The second-order valence-corrected chi connectivity index (χ2v) is 5.44. The van der Waals surface area contributed by atoms with Gasteiger partial charge in [0.15, 0.2) is 0 Å². The van der Waals surface area contributed by atoms with Gasteiger partial charge in [-0.3, -0.25) is 4.79 Å². The first-order chi connectivity index (χ1) is 8.38. The zero-order valence-electron chi connectivity index (χ0n) is 11.6. The third-order valence-electron chi connectivity index (χ3n) is 1.97. The van der Waals surface area contributed by atoms with Crippen LogP contribution in [0.3, 0.4) is 0 Å². The first kappa shape index (κ1) is 17.2. The molecule has 0 aromatic rings. The molecule has 0 rings (SSSR count). The second-order valence-electron chi connectivity index (χ2n) is 4.41. The number of hydrogen-bond donors (Lipinski definition) is 0. The fourth-order valence-electron chi connectivity index (χ4n) is 0.884. The molecule has 0 aromatic heterocycles. The quantitative estimate of drug-likeness (QED) is 0.405. The maximum Gasteiger partial charge on any atom is 0.370 e. The van der Waals surface area contributed by atoms with Gasteiger partial charge < -0.3 is 14.2 Å². The van der Waals surface area contributed by atoms with E-state index in [0.29, 0.717) is 12.4 Å². The number of carbonyl (C=O) groups is 2. The summed E-state index contributed by atoms with van der Waals surface area (Å²) in [5.41, 5.74) is 0. The van der Waals surface area contributed by atoms with Crippen molar-refractivity contribution in [2.45, 2.75) is 34.0 Å². The van der Waals surface area contributed by atoms with Gasteiger partial charge in [-0.1, -0.05) is 27.7 Å². The van der Waals surface area contributed by atoms with Crippen LogP contribution in [0.1, 0.15) is 27.7 Å². The van der Waals surface area contributed by atoms with E-state index in [2.05, 4.69) is 0 Å². The molecule has 0 amide bonds. The Morgan fingerprint density at radius 1 is 1.11 bits per heavy atom. The number of rotatable bonds is 7. The van der Waals surface area contributed by atoms with Crippen molar-refractivity contribution in [2.24, 2.45) is 11.8 Å². The van der Waals surface area contributed by atoms with Crippen LogP contribution in [0.15, 0.2) is 0 Å². The number of ether oxygens (including phenoxy) is 3. The molecule has 0 aromatic carbocycles. The maximum absolute atomic E-state index is 11.5. The highest BCUT2D eigenvalue weighted by Crippen LogP contribution is 2.15. The summed E-state index contributed by atoms with van der Waals surface area (Å²) in [5, 5.41) is -0.456. The standard InChI is InChI=1S/C12H22O5S/c1-8(2)10(13)16-11(9(3)4)17-12(14)18-7-6-15-5/h8-9,11H,6-7H2,1-5H3. The van der Waals surface area contributed by atoms with Crippen LogP contribution in [-0.4, -0.2) is 37.0 Å². The van der Waals surface area contributed by atoms with Crippen molar-refractivity contribution in [1.29, 1.82) is 0 Å². The molecule has 0 saturated heterocycles. The largest absolute Gasteiger partial charge is 0.425 e. The fourth-order valence-corrected chi connectivity index (χ4v) is 1.46. The van der Waals surface area contributed by atoms with E-state index in [9.17, 15) is 9.59 Å². The molecular formula is C12H22O5S. The van der Waals surface area contributed by atoms with E-state index in [1.54, 1.807) is 21.0 Å². The lowest BCUT2D eigenvalue weighted by molar-refractivity contribution is -0.177. The molecule has 1 unspecified atom stereocenters. The zero-order chi connectivity index (χ0) is 14.1. The summed E-state index contributed by atoms with van der Waals surface area (Å²) in [5.74, 6) is -0.188. The van der Waals surface area contributed by atoms with Gasteiger partial charge in [0.25, 0.3) is 6.29 Å². The molecule has 106 valence electrons. The van der Waals surface area contributed by atoms with Crippen molar-refractivity contribution in [3.63, 3.8) is 0 Å². The average molecular weight is 278 g/mol. The second kappa shape index (κ2) is 9.22. The van der Waals surface area contributed by atoms with Gasteiger partial charge in [0.05, 0.1) is 12.5 Å². The van der Waals surface area contributed by atoms with Crippen LogP contribution < -0.4 is 0 Å². The Balaban J connectivity index is 4.19. The Hall–Kier alpha value is -0.750. The van der Waals surface area contributed by atoms with E-state index in [4.69, 9.17) is 14.2 Å². The number of carbonyl (C=O) groups excluding carboxylic acids is 2. The predicted molar refractivity (Wildman–Crippen MR) is 70.4 cm³/mol. The van der Waals surface area contributed by atoms with Crippen molar-refractivity contribution in [2.75, 3.05) is 19.5 Å². The molecular weight excluding hydrogens is 256 g/mol. The summed E-state index contributed by atoms with van der Waals surface area (Å²) < 4.78 is 15.1. The minimum absolute atomic E-state index is 0.0836. The molecule has 1 atom stereocenters. The Morgan fingerprint density at radius 3 is 2.17 bits per heavy atom. The van der Waals surface area contributed by atoms with Crippen LogP contribution in [0.5, 0.6) is 0 Å². The monoisotopic (exact) mass is 278 g/mol. The molecule has 0 radical (unpaired) electrons. The van der Waals surface area contributed by atoms with Gasteiger partial charge in [-0.15, -0.1) is 0 Å². The van der Waals surface area contributed by atoms with Crippen molar-refractivity contribution in [3.05, 3.63) is 0 Å². The van der Waals surface area contributed by atoms with Gasteiger partial charge in [-0.05, 0) is 11.8 Å². The summed E-state index contributed by atoms with van der Waals surface area (Å²) in [4.78, 5) is 22.9. The number of hydrogen-bond acceptors (Lipinski definition) is 6. The summed E-state index contributed by atoms with van der Waals surface area (Å²) >= 11 is 1.00. The fraction of sp³-hybridized carbons (Fsp3) is 0.833. The number of esters is 1. The van der Waals surface area contributed by atoms with E-state index in [1.807, 2.05) is 13.8 Å². The molecule has 0 bridgehead atoms. The van der Waals surface area contributed by atoms with E-state index in [1.165, 1.54) is 0 Å². The molecule has 0 spiro atoms. The van der Waals surface area contributed by atoms with Gasteiger partial charge in [0, 0.05) is 18.8 Å².